The maximum absolute atomic E-state index is 12.8. The minimum atomic E-state index is -0.0835. The van der Waals surface area contributed by atoms with Crippen LogP contribution in [-0.4, -0.2) is 44.1 Å². The van der Waals surface area contributed by atoms with Crippen LogP contribution in [0.1, 0.15) is 54.3 Å². The molecule has 1 heterocycles. The molecule has 3 rings (SSSR count). The van der Waals surface area contributed by atoms with Crippen molar-refractivity contribution in [1.29, 1.82) is 0 Å². The van der Waals surface area contributed by atoms with Crippen molar-refractivity contribution in [2.75, 3.05) is 25.1 Å². The molecule has 1 aliphatic heterocycles. The van der Waals surface area contributed by atoms with E-state index in [1.54, 1.807) is 19.2 Å². The number of rotatable bonds is 7. The second-order valence-corrected chi connectivity index (χ2v) is 8.49. The van der Waals surface area contributed by atoms with Gasteiger partial charge in [-0.3, -0.25) is 9.59 Å². The zero-order chi connectivity index (χ0) is 22.4. The minimum absolute atomic E-state index is 0.0368. The number of carbonyl (C=O) groups is 2. The molecular weight excluding hydrogens is 390 g/mol. The molecule has 2 aromatic rings. The first kappa shape index (κ1) is 22.7. The van der Waals surface area contributed by atoms with Crippen molar-refractivity contribution in [3.8, 4) is 5.75 Å². The second kappa shape index (κ2) is 10.3. The Morgan fingerprint density at radius 3 is 2.39 bits per heavy atom. The van der Waals surface area contributed by atoms with Crippen molar-refractivity contribution in [3.63, 3.8) is 0 Å². The number of para-hydroxylation sites is 1. The molecule has 0 bridgehead atoms. The maximum atomic E-state index is 12.8. The Balaban J connectivity index is 1.61. The van der Waals surface area contributed by atoms with E-state index in [1.165, 1.54) is 0 Å². The number of nitrogens with one attached hydrogen (secondary N) is 2. The van der Waals surface area contributed by atoms with Crippen molar-refractivity contribution in [3.05, 3.63) is 59.7 Å². The molecule has 2 N–H and O–H groups in total. The SMILES string of the molecule is COc1cccc(C(=O)NC2CCN(c3ccccc3C(=O)N[C@H](C)C(C)C)CC2)c1. The molecule has 0 aromatic heterocycles. The van der Waals surface area contributed by atoms with Crippen LogP contribution in [-0.2, 0) is 0 Å². The summed E-state index contributed by atoms with van der Waals surface area (Å²) in [4.78, 5) is 27.7. The zero-order valence-corrected chi connectivity index (χ0v) is 18.9. The lowest BCUT2D eigenvalue weighted by Gasteiger charge is -2.35. The fourth-order valence-electron chi connectivity index (χ4n) is 3.69. The third kappa shape index (κ3) is 5.78. The van der Waals surface area contributed by atoms with Crippen LogP contribution in [0.5, 0.6) is 5.75 Å². The van der Waals surface area contributed by atoms with Gasteiger partial charge in [-0.15, -0.1) is 0 Å². The number of ether oxygens (including phenoxy) is 1. The van der Waals surface area contributed by atoms with Crippen LogP contribution >= 0.6 is 0 Å². The van der Waals surface area contributed by atoms with Crippen molar-refractivity contribution < 1.29 is 14.3 Å². The highest BCUT2D eigenvalue weighted by molar-refractivity contribution is 6.00. The first-order valence-corrected chi connectivity index (χ1v) is 11.0. The summed E-state index contributed by atoms with van der Waals surface area (Å²) in [5.41, 5.74) is 2.26. The Hall–Kier alpha value is -3.02. The predicted molar refractivity (Wildman–Crippen MR) is 124 cm³/mol. The standard InChI is InChI=1S/C25H33N3O3/c1-17(2)18(3)26-25(30)22-10-5-6-11-23(22)28-14-12-20(13-15-28)27-24(29)19-8-7-9-21(16-19)31-4/h5-11,16-18,20H,12-15H2,1-4H3,(H,26,30)(H,27,29)/t18-/m1/s1. The van der Waals surface area contributed by atoms with Gasteiger partial charge in [0.2, 0.25) is 0 Å². The molecular formula is C25H33N3O3. The van der Waals surface area contributed by atoms with Crippen LogP contribution in [0.4, 0.5) is 5.69 Å². The highest BCUT2D eigenvalue weighted by atomic mass is 16.5. The lowest BCUT2D eigenvalue weighted by Crippen LogP contribution is -2.45. The number of amides is 2. The summed E-state index contributed by atoms with van der Waals surface area (Å²) < 4.78 is 5.21. The molecule has 0 saturated carbocycles. The Bertz CT molecular complexity index is 904. The molecule has 2 amide bonds. The van der Waals surface area contributed by atoms with Crippen LogP contribution in [0.3, 0.4) is 0 Å². The summed E-state index contributed by atoms with van der Waals surface area (Å²) in [6.45, 7) is 7.80. The zero-order valence-electron chi connectivity index (χ0n) is 18.9. The Morgan fingerprint density at radius 2 is 1.71 bits per heavy atom. The highest BCUT2D eigenvalue weighted by Crippen LogP contribution is 2.25. The number of methoxy groups -OCH3 is 1. The van der Waals surface area contributed by atoms with Crippen molar-refractivity contribution in [1.82, 2.24) is 10.6 Å². The van der Waals surface area contributed by atoms with Crippen molar-refractivity contribution >= 4 is 17.5 Å². The molecule has 6 nitrogen and oxygen atoms in total. The fraction of sp³-hybridized carbons (Fsp3) is 0.440. The normalized spacial score (nSPS) is 15.5. The number of hydrogen-bond donors (Lipinski definition) is 2. The molecule has 0 radical (unpaired) electrons. The molecule has 1 aliphatic rings. The van der Waals surface area contributed by atoms with Gasteiger partial charge >= 0.3 is 0 Å². The monoisotopic (exact) mass is 423 g/mol. The van der Waals surface area contributed by atoms with Gasteiger partial charge in [-0.1, -0.05) is 32.0 Å². The van der Waals surface area contributed by atoms with Crippen LogP contribution < -0.4 is 20.3 Å². The summed E-state index contributed by atoms with van der Waals surface area (Å²) in [6.07, 6.45) is 1.65. The molecule has 6 heteroatoms. The number of piperidine rings is 1. The van der Waals surface area contributed by atoms with E-state index in [1.807, 2.05) is 43.3 Å². The Kier molecular flexibility index (Phi) is 7.55. The smallest absolute Gasteiger partial charge is 0.253 e. The van der Waals surface area contributed by atoms with Crippen LogP contribution in [0.2, 0.25) is 0 Å². The number of hydrogen-bond acceptors (Lipinski definition) is 4. The summed E-state index contributed by atoms with van der Waals surface area (Å²) in [7, 11) is 1.59. The van der Waals surface area contributed by atoms with E-state index in [2.05, 4.69) is 29.4 Å². The molecule has 1 atom stereocenters. The average molecular weight is 424 g/mol. The first-order valence-electron chi connectivity index (χ1n) is 11.0. The van der Waals surface area contributed by atoms with Gasteiger partial charge in [0.15, 0.2) is 0 Å². The molecule has 1 saturated heterocycles. The van der Waals surface area contributed by atoms with Crippen molar-refractivity contribution in [2.24, 2.45) is 5.92 Å². The van der Waals surface area contributed by atoms with E-state index < -0.39 is 0 Å². The van der Waals surface area contributed by atoms with Crippen LogP contribution in [0.25, 0.3) is 0 Å². The van der Waals surface area contributed by atoms with Gasteiger partial charge in [0.05, 0.1) is 12.7 Å². The predicted octanol–water partition coefficient (Wildman–Crippen LogP) is 3.87. The molecule has 0 aliphatic carbocycles. The summed E-state index contributed by atoms with van der Waals surface area (Å²) in [5, 5.41) is 6.24. The highest BCUT2D eigenvalue weighted by Gasteiger charge is 2.24. The molecule has 166 valence electrons. The maximum Gasteiger partial charge on any atom is 0.253 e. The largest absolute Gasteiger partial charge is 0.497 e. The molecule has 0 unspecified atom stereocenters. The van der Waals surface area contributed by atoms with Gasteiger partial charge in [-0.2, -0.15) is 0 Å². The molecule has 2 aromatic carbocycles. The topological polar surface area (TPSA) is 70.7 Å². The van der Waals surface area contributed by atoms with E-state index in [9.17, 15) is 9.59 Å². The quantitative estimate of drug-likeness (QED) is 0.709. The lowest BCUT2D eigenvalue weighted by molar-refractivity contribution is 0.0925. The van der Waals surface area contributed by atoms with E-state index in [4.69, 9.17) is 4.74 Å². The van der Waals surface area contributed by atoms with Gasteiger partial charge in [0.25, 0.3) is 11.8 Å². The molecule has 0 spiro atoms. The van der Waals surface area contributed by atoms with Crippen molar-refractivity contribution in [2.45, 2.75) is 45.7 Å². The summed E-state index contributed by atoms with van der Waals surface area (Å²) >= 11 is 0. The Morgan fingerprint density at radius 1 is 1.00 bits per heavy atom. The van der Waals surface area contributed by atoms with Gasteiger partial charge in [0, 0.05) is 36.4 Å². The summed E-state index contributed by atoms with van der Waals surface area (Å²) in [6, 6.07) is 15.2. The average Bonchev–Trinajstić information content (AvgIpc) is 2.79. The first-order chi connectivity index (χ1) is 14.9. The summed E-state index contributed by atoms with van der Waals surface area (Å²) in [5.74, 6) is 0.925. The van der Waals surface area contributed by atoms with Crippen LogP contribution in [0, 0.1) is 5.92 Å². The van der Waals surface area contributed by atoms with Gasteiger partial charge < -0.3 is 20.3 Å². The van der Waals surface area contributed by atoms with Gasteiger partial charge in [0.1, 0.15) is 5.75 Å². The van der Waals surface area contributed by atoms with E-state index in [0.29, 0.717) is 22.8 Å². The van der Waals surface area contributed by atoms with Gasteiger partial charge in [-0.05, 0) is 56.0 Å². The number of anilines is 1. The minimum Gasteiger partial charge on any atom is -0.497 e. The number of carbonyl (C=O) groups excluding carboxylic acids is 2. The van der Waals surface area contributed by atoms with E-state index >= 15 is 0 Å². The second-order valence-electron chi connectivity index (χ2n) is 8.49. The third-order valence-corrected chi connectivity index (χ3v) is 6.01. The Labute approximate surface area is 185 Å². The van der Waals surface area contributed by atoms with Gasteiger partial charge in [-0.25, -0.2) is 0 Å². The van der Waals surface area contributed by atoms with E-state index in [-0.39, 0.29) is 23.9 Å². The number of benzene rings is 2. The van der Waals surface area contributed by atoms with Crippen LogP contribution in [0.15, 0.2) is 48.5 Å². The van der Waals surface area contributed by atoms with E-state index in [0.717, 1.165) is 31.6 Å². The molecule has 31 heavy (non-hydrogen) atoms. The molecule has 1 fully saturated rings. The third-order valence-electron chi connectivity index (χ3n) is 6.01. The lowest BCUT2D eigenvalue weighted by atomic mass is 10.0. The number of nitrogens with zero attached hydrogens (tertiary/aromatic N) is 1. The fourth-order valence-corrected chi connectivity index (χ4v) is 3.69.